The lowest BCUT2D eigenvalue weighted by atomic mass is 10.2. The maximum Gasteiger partial charge on any atom is 0.135 e. The molecule has 6 heteroatoms. The average Bonchev–Trinajstić information content (AvgIpc) is 2.87. The molecule has 0 radical (unpaired) electrons. The second-order valence-corrected chi connectivity index (χ2v) is 4.66. The van der Waals surface area contributed by atoms with E-state index < -0.39 is 0 Å². The molecule has 0 amide bonds. The number of hydrogen-bond donors (Lipinski definition) is 2. The Morgan fingerprint density at radius 2 is 2.21 bits per heavy atom. The van der Waals surface area contributed by atoms with Crippen LogP contribution in [0.15, 0.2) is 18.7 Å². The van der Waals surface area contributed by atoms with Crippen LogP contribution in [0.5, 0.6) is 0 Å². The first-order chi connectivity index (χ1) is 9.10. The summed E-state index contributed by atoms with van der Waals surface area (Å²) in [6.07, 6.45) is 6.29. The number of nitrogens with two attached hydrogens (primary N) is 1. The molecule has 0 aliphatic rings. The van der Waals surface area contributed by atoms with Gasteiger partial charge in [-0.25, -0.2) is 15.0 Å². The van der Waals surface area contributed by atoms with Gasteiger partial charge in [-0.1, -0.05) is 6.92 Å². The predicted octanol–water partition coefficient (Wildman–Crippen LogP) is 1.63. The van der Waals surface area contributed by atoms with E-state index in [2.05, 4.69) is 27.2 Å². The van der Waals surface area contributed by atoms with Gasteiger partial charge in [-0.15, -0.1) is 0 Å². The highest BCUT2D eigenvalue weighted by Gasteiger charge is 2.10. The third-order valence-corrected chi connectivity index (χ3v) is 2.97. The number of rotatable bonds is 5. The van der Waals surface area contributed by atoms with E-state index in [-0.39, 0.29) is 6.04 Å². The number of aromatic nitrogens is 4. The van der Waals surface area contributed by atoms with Crippen LogP contribution in [-0.4, -0.2) is 25.6 Å². The molecule has 1 atom stereocenters. The number of nitrogens with zero attached hydrogens (tertiary/aromatic N) is 4. The Kier molecular flexibility index (Phi) is 3.99. The fourth-order valence-electron chi connectivity index (χ4n) is 1.87. The number of nitrogen functional groups attached to an aromatic ring is 1. The van der Waals surface area contributed by atoms with E-state index in [1.807, 2.05) is 24.6 Å². The maximum atomic E-state index is 5.90. The second-order valence-electron chi connectivity index (χ2n) is 4.66. The molecule has 0 aliphatic heterocycles. The zero-order chi connectivity index (χ0) is 13.8. The molecule has 0 bridgehead atoms. The van der Waals surface area contributed by atoms with Gasteiger partial charge in [-0.2, -0.15) is 0 Å². The van der Waals surface area contributed by atoms with E-state index in [9.17, 15) is 0 Å². The summed E-state index contributed by atoms with van der Waals surface area (Å²) in [7, 11) is 0. The molecule has 0 aromatic carbocycles. The van der Waals surface area contributed by atoms with Crippen LogP contribution < -0.4 is 11.1 Å². The van der Waals surface area contributed by atoms with Crippen molar-refractivity contribution in [2.24, 2.45) is 0 Å². The van der Waals surface area contributed by atoms with Crippen molar-refractivity contribution in [3.8, 4) is 0 Å². The molecule has 2 aromatic rings. The Labute approximate surface area is 113 Å². The topological polar surface area (TPSA) is 81.6 Å². The van der Waals surface area contributed by atoms with Crippen LogP contribution in [0.1, 0.15) is 25.2 Å². The largest absolute Gasteiger partial charge is 0.383 e. The van der Waals surface area contributed by atoms with Crippen molar-refractivity contribution in [2.75, 3.05) is 11.1 Å². The summed E-state index contributed by atoms with van der Waals surface area (Å²) in [5.74, 6) is 2.13. The Hall–Kier alpha value is -2.11. The van der Waals surface area contributed by atoms with E-state index in [4.69, 9.17) is 5.73 Å². The Morgan fingerprint density at radius 1 is 1.42 bits per heavy atom. The highest BCUT2D eigenvalue weighted by atomic mass is 15.1. The molecular weight excluding hydrogens is 240 g/mol. The molecule has 1 unspecified atom stereocenters. The van der Waals surface area contributed by atoms with Crippen LogP contribution in [0, 0.1) is 6.92 Å². The van der Waals surface area contributed by atoms with Gasteiger partial charge in [0.1, 0.15) is 17.5 Å². The molecule has 2 rings (SSSR count). The van der Waals surface area contributed by atoms with Crippen LogP contribution in [0.3, 0.4) is 0 Å². The highest BCUT2D eigenvalue weighted by molar-refractivity contribution is 5.55. The Bertz CT molecular complexity index is 534. The zero-order valence-corrected chi connectivity index (χ0v) is 11.6. The van der Waals surface area contributed by atoms with Gasteiger partial charge in [0.15, 0.2) is 0 Å². The van der Waals surface area contributed by atoms with Gasteiger partial charge in [-0.3, -0.25) is 0 Å². The van der Waals surface area contributed by atoms with E-state index in [1.165, 1.54) is 0 Å². The summed E-state index contributed by atoms with van der Waals surface area (Å²) >= 11 is 0. The third kappa shape index (κ3) is 3.21. The fraction of sp³-hybridized carbons (Fsp3) is 0.462. The van der Waals surface area contributed by atoms with E-state index in [0.29, 0.717) is 5.82 Å². The Morgan fingerprint density at radius 3 is 2.84 bits per heavy atom. The van der Waals surface area contributed by atoms with Crippen molar-refractivity contribution < 1.29 is 0 Å². The first-order valence-corrected chi connectivity index (χ1v) is 6.45. The number of nitrogens with one attached hydrogen (secondary N) is 1. The van der Waals surface area contributed by atoms with Crippen LogP contribution in [0.4, 0.5) is 11.6 Å². The van der Waals surface area contributed by atoms with Crippen molar-refractivity contribution in [3.05, 3.63) is 30.1 Å². The van der Waals surface area contributed by atoms with Gasteiger partial charge < -0.3 is 15.6 Å². The molecule has 0 saturated carbocycles. The summed E-state index contributed by atoms with van der Waals surface area (Å²) in [6, 6.07) is 0.229. The molecule has 0 fully saturated rings. The highest BCUT2D eigenvalue weighted by Crippen LogP contribution is 2.18. The molecule has 0 spiro atoms. The molecular formula is C13H20N6. The summed E-state index contributed by atoms with van der Waals surface area (Å²) in [4.78, 5) is 12.8. The van der Waals surface area contributed by atoms with Gasteiger partial charge >= 0.3 is 0 Å². The summed E-state index contributed by atoms with van der Waals surface area (Å²) in [6.45, 7) is 6.87. The predicted molar refractivity (Wildman–Crippen MR) is 75.9 cm³/mol. The van der Waals surface area contributed by atoms with Crippen LogP contribution in [0.25, 0.3) is 0 Å². The number of anilines is 2. The first kappa shape index (κ1) is 13.3. The SMILES string of the molecule is CCc1nc(N)c(C)c(NC(C)Cn2ccnc2)n1. The molecule has 6 nitrogen and oxygen atoms in total. The standard InChI is InChI=1S/C13H20N6/c1-4-11-17-12(14)10(3)13(18-11)16-9(2)7-19-6-5-15-8-19/h5-6,8-9H,4,7H2,1-3H3,(H3,14,16,17,18). The van der Waals surface area contributed by atoms with Crippen molar-refractivity contribution >= 4 is 11.6 Å². The Balaban J connectivity index is 2.11. The van der Waals surface area contributed by atoms with Crippen molar-refractivity contribution in [2.45, 2.75) is 39.8 Å². The van der Waals surface area contributed by atoms with Gasteiger partial charge in [0.05, 0.1) is 6.33 Å². The molecule has 2 heterocycles. The minimum Gasteiger partial charge on any atom is -0.383 e. The van der Waals surface area contributed by atoms with Crippen molar-refractivity contribution in [1.82, 2.24) is 19.5 Å². The minimum atomic E-state index is 0.229. The number of aryl methyl sites for hydroxylation is 1. The summed E-state index contributed by atoms with van der Waals surface area (Å²) in [5.41, 5.74) is 6.80. The summed E-state index contributed by atoms with van der Waals surface area (Å²) in [5, 5.41) is 3.38. The van der Waals surface area contributed by atoms with Crippen LogP contribution >= 0.6 is 0 Å². The summed E-state index contributed by atoms with van der Waals surface area (Å²) < 4.78 is 2.03. The monoisotopic (exact) mass is 260 g/mol. The van der Waals surface area contributed by atoms with E-state index in [0.717, 1.165) is 30.2 Å². The molecule has 0 aliphatic carbocycles. The van der Waals surface area contributed by atoms with Gasteiger partial charge in [0, 0.05) is 37.0 Å². The normalized spacial score (nSPS) is 12.4. The molecule has 0 saturated heterocycles. The smallest absolute Gasteiger partial charge is 0.135 e. The zero-order valence-electron chi connectivity index (χ0n) is 11.6. The third-order valence-electron chi connectivity index (χ3n) is 2.97. The van der Waals surface area contributed by atoms with E-state index >= 15 is 0 Å². The van der Waals surface area contributed by atoms with Gasteiger partial charge in [0.2, 0.25) is 0 Å². The number of hydrogen-bond acceptors (Lipinski definition) is 5. The minimum absolute atomic E-state index is 0.229. The van der Waals surface area contributed by atoms with Gasteiger partial charge in [0.25, 0.3) is 0 Å². The van der Waals surface area contributed by atoms with Crippen LogP contribution in [0.2, 0.25) is 0 Å². The van der Waals surface area contributed by atoms with Crippen LogP contribution in [-0.2, 0) is 13.0 Å². The van der Waals surface area contributed by atoms with E-state index in [1.54, 1.807) is 12.5 Å². The lowest BCUT2D eigenvalue weighted by Crippen LogP contribution is -2.23. The van der Waals surface area contributed by atoms with Gasteiger partial charge in [-0.05, 0) is 13.8 Å². The molecule has 19 heavy (non-hydrogen) atoms. The lowest BCUT2D eigenvalue weighted by Gasteiger charge is -2.17. The lowest BCUT2D eigenvalue weighted by molar-refractivity contribution is 0.616. The molecule has 3 N–H and O–H groups in total. The molecule has 2 aromatic heterocycles. The van der Waals surface area contributed by atoms with Crippen molar-refractivity contribution in [1.29, 1.82) is 0 Å². The average molecular weight is 260 g/mol. The van der Waals surface area contributed by atoms with Crippen molar-refractivity contribution in [3.63, 3.8) is 0 Å². The first-order valence-electron chi connectivity index (χ1n) is 6.45. The quantitative estimate of drug-likeness (QED) is 0.853. The maximum absolute atomic E-state index is 5.90. The fourth-order valence-corrected chi connectivity index (χ4v) is 1.87. The molecule has 102 valence electrons. The second kappa shape index (κ2) is 5.69. The number of imidazole rings is 1.